The summed E-state index contributed by atoms with van der Waals surface area (Å²) >= 11 is 0. The number of anilines is 1. The highest BCUT2D eigenvalue weighted by atomic mass is 19.1. The van der Waals surface area contributed by atoms with Gasteiger partial charge in [-0.2, -0.15) is 0 Å². The number of carbonyl (C=O) groups excluding carboxylic acids is 1. The summed E-state index contributed by atoms with van der Waals surface area (Å²) in [6.45, 7) is 0.992. The molecule has 28 heavy (non-hydrogen) atoms. The molecule has 142 valence electrons. The van der Waals surface area contributed by atoms with Gasteiger partial charge in [-0.1, -0.05) is 12.1 Å². The Bertz CT molecular complexity index is 1070. The zero-order valence-corrected chi connectivity index (χ0v) is 15.2. The van der Waals surface area contributed by atoms with Gasteiger partial charge in [0.2, 0.25) is 0 Å². The van der Waals surface area contributed by atoms with Gasteiger partial charge in [0.1, 0.15) is 11.6 Å². The monoisotopic (exact) mass is 379 g/mol. The molecule has 1 N–H and O–H groups in total. The molecule has 5 rings (SSSR count). The second-order valence-electron chi connectivity index (χ2n) is 7.40. The second kappa shape index (κ2) is 6.19. The highest BCUT2D eigenvalue weighted by Crippen LogP contribution is 2.43. The quantitative estimate of drug-likeness (QED) is 0.684. The van der Waals surface area contributed by atoms with Crippen molar-refractivity contribution in [3.05, 3.63) is 83.7 Å². The van der Waals surface area contributed by atoms with Gasteiger partial charge < -0.3 is 14.8 Å². The van der Waals surface area contributed by atoms with Crippen LogP contribution in [0.3, 0.4) is 0 Å². The van der Waals surface area contributed by atoms with E-state index in [2.05, 4.69) is 16.0 Å². The van der Waals surface area contributed by atoms with Gasteiger partial charge in [0.05, 0.1) is 22.5 Å². The van der Waals surface area contributed by atoms with Crippen LogP contribution in [0.2, 0.25) is 0 Å². The third-order valence-corrected chi connectivity index (χ3v) is 5.84. The third-order valence-electron chi connectivity index (χ3n) is 5.84. The Labute approximate surface area is 161 Å². The highest BCUT2D eigenvalue weighted by molar-refractivity contribution is 5.94. The Kier molecular flexibility index (Phi) is 3.75. The van der Waals surface area contributed by atoms with Gasteiger partial charge in [-0.15, -0.1) is 0 Å². The number of nitrogens with one attached hydrogen (secondary N) is 1. The van der Waals surface area contributed by atoms with Gasteiger partial charge >= 0.3 is 0 Å². The SMILES string of the molecule is O=C(c1ccccc1F)N1CCC2(CC1)Nc1cc(F)ccc1-n1cccc12. The molecule has 2 aromatic carbocycles. The topological polar surface area (TPSA) is 37.3 Å². The van der Waals surface area contributed by atoms with Gasteiger partial charge in [-0.25, -0.2) is 8.78 Å². The van der Waals surface area contributed by atoms with E-state index in [0.717, 1.165) is 17.1 Å². The number of benzene rings is 2. The molecule has 1 amide bonds. The molecule has 3 aromatic rings. The van der Waals surface area contributed by atoms with E-state index < -0.39 is 5.82 Å². The predicted octanol–water partition coefficient (Wildman–Crippen LogP) is 4.31. The van der Waals surface area contributed by atoms with Crippen molar-refractivity contribution < 1.29 is 13.6 Å². The summed E-state index contributed by atoms with van der Waals surface area (Å²) in [5.41, 5.74) is 2.49. The summed E-state index contributed by atoms with van der Waals surface area (Å²) in [6.07, 6.45) is 3.30. The third kappa shape index (κ3) is 2.52. The first-order valence-corrected chi connectivity index (χ1v) is 9.37. The molecule has 2 aliphatic rings. The standard InChI is InChI=1S/C22H19F2N3O/c23-15-7-8-19-18(14-15)25-22(20-6-3-11-27(19)20)9-12-26(13-10-22)21(28)16-4-1-2-5-17(16)24/h1-8,11,14,25H,9-10,12-13H2. The lowest BCUT2D eigenvalue weighted by Gasteiger charge is -2.46. The van der Waals surface area contributed by atoms with Crippen molar-refractivity contribution in [3.63, 3.8) is 0 Å². The zero-order valence-electron chi connectivity index (χ0n) is 15.2. The van der Waals surface area contributed by atoms with E-state index in [1.807, 2.05) is 12.3 Å². The summed E-state index contributed by atoms with van der Waals surface area (Å²) in [7, 11) is 0. The van der Waals surface area contributed by atoms with Crippen molar-refractivity contribution in [3.8, 4) is 5.69 Å². The van der Waals surface area contributed by atoms with Crippen LogP contribution in [-0.4, -0.2) is 28.5 Å². The van der Waals surface area contributed by atoms with E-state index >= 15 is 0 Å². The van der Waals surface area contributed by atoms with E-state index in [1.54, 1.807) is 23.1 Å². The number of rotatable bonds is 1. The van der Waals surface area contributed by atoms with E-state index in [4.69, 9.17) is 0 Å². The molecule has 0 bridgehead atoms. The molecule has 0 radical (unpaired) electrons. The summed E-state index contributed by atoms with van der Waals surface area (Å²) in [5.74, 6) is -1.07. The molecule has 0 aliphatic carbocycles. The molecule has 4 nitrogen and oxygen atoms in total. The van der Waals surface area contributed by atoms with Gasteiger partial charge in [-0.05, 0) is 55.3 Å². The average molecular weight is 379 g/mol. The predicted molar refractivity (Wildman–Crippen MR) is 103 cm³/mol. The molecule has 1 saturated heterocycles. The normalized spacial score (nSPS) is 17.0. The van der Waals surface area contributed by atoms with Gasteiger partial charge in [0, 0.05) is 25.0 Å². The minimum atomic E-state index is -0.498. The molecule has 3 heterocycles. The Morgan fingerprint density at radius 2 is 1.79 bits per heavy atom. The lowest BCUT2D eigenvalue weighted by molar-refractivity contribution is 0.0672. The van der Waals surface area contributed by atoms with Crippen LogP contribution in [0, 0.1) is 11.6 Å². The van der Waals surface area contributed by atoms with Crippen LogP contribution in [0.5, 0.6) is 0 Å². The molecule has 1 aromatic heterocycles. The van der Waals surface area contributed by atoms with Crippen LogP contribution < -0.4 is 5.32 Å². The molecular formula is C22H19F2N3O. The van der Waals surface area contributed by atoms with Gasteiger partial charge in [-0.3, -0.25) is 4.79 Å². The molecule has 0 unspecified atom stereocenters. The van der Waals surface area contributed by atoms with Crippen molar-refractivity contribution in [1.29, 1.82) is 0 Å². The zero-order chi connectivity index (χ0) is 19.3. The van der Waals surface area contributed by atoms with Crippen LogP contribution in [0.25, 0.3) is 5.69 Å². The first-order valence-electron chi connectivity index (χ1n) is 9.37. The van der Waals surface area contributed by atoms with Crippen LogP contribution in [0.1, 0.15) is 28.9 Å². The minimum Gasteiger partial charge on any atom is -0.372 e. The Balaban J connectivity index is 1.43. The number of amides is 1. The van der Waals surface area contributed by atoms with E-state index in [1.165, 1.54) is 24.3 Å². The first kappa shape index (κ1) is 17.0. The molecule has 1 fully saturated rings. The number of hydrogen-bond donors (Lipinski definition) is 1. The summed E-state index contributed by atoms with van der Waals surface area (Å²) in [5, 5.41) is 3.53. The molecular weight excluding hydrogens is 360 g/mol. The number of hydrogen-bond acceptors (Lipinski definition) is 2. The lowest BCUT2D eigenvalue weighted by atomic mass is 9.82. The number of aromatic nitrogens is 1. The fourth-order valence-electron chi connectivity index (χ4n) is 4.40. The molecule has 2 aliphatic heterocycles. The Hall–Kier alpha value is -3.15. The Morgan fingerprint density at radius 3 is 2.57 bits per heavy atom. The van der Waals surface area contributed by atoms with Crippen LogP contribution in [-0.2, 0) is 5.54 Å². The summed E-state index contributed by atoms with van der Waals surface area (Å²) < 4.78 is 29.9. The lowest BCUT2D eigenvalue weighted by Crippen LogP contribution is -2.51. The second-order valence-corrected chi connectivity index (χ2v) is 7.40. The van der Waals surface area contributed by atoms with Crippen molar-refractivity contribution in [2.75, 3.05) is 18.4 Å². The maximum atomic E-state index is 14.0. The van der Waals surface area contributed by atoms with Crippen molar-refractivity contribution in [2.24, 2.45) is 0 Å². The van der Waals surface area contributed by atoms with Crippen LogP contribution in [0.15, 0.2) is 60.8 Å². The number of halogens is 2. The van der Waals surface area contributed by atoms with Gasteiger partial charge in [0.15, 0.2) is 0 Å². The van der Waals surface area contributed by atoms with E-state index in [9.17, 15) is 13.6 Å². The van der Waals surface area contributed by atoms with Crippen molar-refractivity contribution >= 4 is 11.6 Å². The van der Waals surface area contributed by atoms with Crippen LogP contribution >= 0.6 is 0 Å². The van der Waals surface area contributed by atoms with Crippen molar-refractivity contribution in [2.45, 2.75) is 18.4 Å². The molecule has 0 atom stereocenters. The molecule has 6 heteroatoms. The maximum absolute atomic E-state index is 14.0. The minimum absolute atomic E-state index is 0.103. The largest absolute Gasteiger partial charge is 0.372 e. The Morgan fingerprint density at radius 1 is 1.00 bits per heavy atom. The number of carbonyl (C=O) groups is 1. The number of fused-ring (bicyclic) bond motifs is 4. The molecule has 1 spiro atoms. The van der Waals surface area contributed by atoms with E-state index in [0.29, 0.717) is 25.9 Å². The number of nitrogens with zero attached hydrogens (tertiary/aromatic N) is 2. The number of likely N-dealkylation sites (tertiary alicyclic amines) is 1. The van der Waals surface area contributed by atoms with Crippen LogP contribution in [0.4, 0.5) is 14.5 Å². The maximum Gasteiger partial charge on any atom is 0.256 e. The van der Waals surface area contributed by atoms with E-state index in [-0.39, 0.29) is 22.8 Å². The fraction of sp³-hybridized carbons (Fsp3) is 0.227. The van der Waals surface area contributed by atoms with Crippen molar-refractivity contribution in [1.82, 2.24) is 9.47 Å². The summed E-state index contributed by atoms with van der Waals surface area (Å²) in [4.78, 5) is 14.4. The fourth-order valence-corrected chi connectivity index (χ4v) is 4.40. The average Bonchev–Trinajstić information content (AvgIpc) is 3.19. The summed E-state index contributed by atoms with van der Waals surface area (Å²) in [6, 6.07) is 14.9. The molecule has 0 saturated carbocycles. The smallest absolute Gasteiger partial charge is 0.256 e. The highest BCUT2D eigenvalue weighted by Gasteiger charge is 2.42. The number of piperidine rings is 1. The first-order chi connectivity index (χ1) is 13.6. The van der Waals surface area contributed by atoms with Gasteiger partial charge in [0.25, 0.3) is 5.91 Å².